The Bertz CT molecular complexity index is 911. The Kier molecular flexibility index (Phi) is 6.66. The van der Waals surface area contributed by atoms with Crippen LogP contribution in [0, 0.1) is 0 Å². The van der Waals surface area contributed by atoms with Crippen LogP contribution in [0.3, 0.4) is 0 Å². The normalized spacial score (nSPS) is 31.1. The molecule has 2 rings (SSSR count). The van der Waals surface area contributed by atoms with Gasteiger partial charge in [0.15, 0.2) is 5.34 Å². The molecule has 1 fully saturated rings. The minimum atomic E-state index is -4.58. The molecule has 1 aromatic rings. The van der Waals surface area contributed by atoms with Gasteiger partial charge in [0.2, 0.25) is 0 Å². The first kappa shape index (κ1) is 23.9. The lowest BCUT2D eigenvalue weighted by Gasteiger charge is -2.40. The van der Waals surface area contributed by atoms with E-state index in [-0.39, 0.29) is 18.4 Å². The molecule has 12 heteroatoms. The Labute approximate surface area is 167 Å². The molecule has 1 saturated heterocycles. The van der Waals surface area contributed by atoms with E-state index in [0.29, 0.717) is 0 Å². The van der Waals surface area contributed by atoms with Gasteiger partial charge in [-0.2, -0.15) is 0 Å². The van der Waals surface area contributed by atoms with Gasteiger partial charge in [-0.25, -0.2) is 4.79 Å². The first-order valence-electron chi connectivity index (χ1n) is 9.28. The van der Waals surface area contributed by atoms with E-state index in [1.165, 1.54) is 27.1 Å². The van der Waals surface area contributed by atoms with Gasteiger partial charge in [0, 0.05) is 13.2 Å². The minimum Gasteiger partial charge on any atom is -0.387 e. The maximum Gasteiger partial charge on any atom is 0.359 e. The molecule has 0 spiro atoms. The Hall–Kier alpha value is -1.33. The number of aliphatic hydroxyl groups is 3. The van der Waals surface area contributed by atoms with Gasteiger partial charge in [0.1, 0.15) is 30.0 Å². The van der Waals surface area contributed by atoms with Crippen LogP contribution in [0.15, 0.2) is 15.8 Å². The molecule has 11 nitrogen and oxygen atoms in total. The zero-order valence-corrected chi connectivity index (χ0v) is 17.9. The SMILES string of the molecule is CCC(C)(OP(=O)(O)[C@@](C)(O)CC)[C@H]1O[C@@H](c2cn(C)c(=O)[nH]c2=O)[C@H](O)[C@@H]1O. The fraction of sp³-hybridized carbons (Fsp3) is 0.765. The fourth-order valence-electron chi connectivity index (χ4n) is 3.12. The zero-order valence-electron chi connectivity index (χ0n) is 17.0. The van der Waals surface area contributed by atoms with Crippen molar-refractivity contribution in [2.45, 2.75) is 75.9 Å². The highest BCUT2D eigenvalue weighted by Gasteiger charge is 2.56. The van der Waals surface area contributed by atoms with E-state index in [1.807, 2.05) is 0 Å². The van der Waals surface area contributed by atoms with E-state index in [0.717, 1.165) is 11.5 Å². The topological polar surface area (TPSA) is 171 Å². The summed E-state index contributed by atoms with van der Waals surface area (Å²) >= 11 is 0. The number of aliphatic hydroxyl groups excluding tert-OH is 2. The van der Waals surface area contributed by atoms with Crippen molar-refractivity contribution in [3.05, 3.63) is 32.6 Å². The lowest BCUT2D eigenvalue weighted by molar-refractivity contribution is -0.116. The number of aromatic nitrogens is 2. The fourth-order valence-corrected chi connectivity index (χ4v) is 4.52. The predicted molar refractivity (Wildman–Crippen MR) is 102 cm³/mol. The summed E-state index contributed by atoms with van der Waals surface area (Å²) in [5.74, 6) is 0. The van der Waals surface area contributed by atoms with E-state index in [4.69, 9.17) is 9.26 Å². The van der Waals surface area contributed by atoms with Crippen LogP contribution in [0.4, 0.5) is 0 Å². The van der Waals surface area contributed by atoms with Crippen LogP contribution >= 0.6 is 7.60 Å². The summed E-state index contributed by atoms with van der Waals surface area (Å²) in [7, 11) is -3.18. The van der Waals surface area contributed by atoms with Gasteiger partial charge in [0.05, 0.1) is 5.56 Å². The number of hydrogen-bond acceptors (Lipinski definition) is 8. The highest BCUT2D eigenvalue weighted by Crippen LogP contribution is 2.59. The van der Waals surface area contributed by atoms with E-state index >= 15 is 0 Å². The number of ether oxygens (including phenoxy) is 1. The summed E-state index contributed by atoms with van der Waals surface area (Å²) < 4.78 is 24.9. The number of aromatic amines is 1. The monoisotopic (exact) mass is 436 g/mol. The predicted octanol–water partition coefficient (Wildman–Crippen LogP) is -0.275. The van der Waals surface area contributed by atoms with Crippen molar-refractivity contribution >= 4 is 7.60 Å². The lowest BCUT2D eigenvalue weighted by atomic mass is 9.90. The van der Waals surface area contributed by atoms with Gasteiger partial charge in [-0.15, -0.1) is 0 Å². The number of aryl methyl sites for hydroxylation is 1. The van der Waals surface area contributed by atoms with Gasteiger partial charge >= 0.3 is 13.3 Å². The van der Waals surface area contributed by atoms with Crippen molar-refractivity contribution in [3.63, 3.8) is 0 Å². The Morgan fingerprint density at radius 2 is 1.83 bits per heavy atom. The maximum absolute atomic E-state index is 12.7. The Morgan fingerprint density at radius 1 is 1.24 bits per heavy atom. The molecule has 0 radical (unpaired) electrons. The number of nitrogens with zero attached hydrogens (tertiary/aromatic N) is 1. The summed E-state index contributed by atoms with van der Waals surface area (Å²) in [5, 5.41) is 29.2. The molecule has 0 aromatic carbocycles. The average Bonchev–Trinajstić information content (AvgIpc) is 2.93. The van der Waals surface area contributed by atoms with E-state index in [1.54, 1.807) is 6.92 Å². The highest BCUT2D eigenvalue weighted by atomic mass is 31.2. The summed E-state index contributed by atoms with van der Waals surface area (Å²) in [5.41, 5.74) is -3.11. The summed E-state index contributed by atoms with van der Waals surface area (Å²) in [6, 6.07) is 0. The van der Waals surface area contributed by atoms with Crippen LogP contribution in [0.25, 0.3) is 0 Å². The van der Waals surface area contributed by atoms with Gasteiger partial charge in [-0.1, -0.05) is 13.8 Å². The number of nitrogens with one attached hydrogen (secondary N) is 1. The van der Waals surface area contributed by atoms with Gasteiger partial charge in [0.25, 0.3) is 5.56 Å². The summed E-state index contributed by atoms with van der Waals surface area (Å²) in [6.45, 7) is 5.71. The third kappa shape index (κ3) is 4.27. The van der Waals surface area contributed by atoms with Crippen LogP contribution < -0.4 is 11.2 Å². The van der Waals surface area contributed by atoms with Crippen molar-refractivity contribution in [1.82, 2.24) is 9.55 Å². The molecule has 1 aliphatic heterocycles. The van der Waals surface area contributed by atoms with Crippen molar-refractivity contribution in [1.29, 1.82) is 0 Å². The van der Waals surface area contributed by atoms with Gasteiger partial charge in [-0.3, -0.25) is 18.9 Å². The highest BCUT2D eigenvalue weighted by molar-refractivity contribution is 7.54. The Balaban J connectivity index is 2.42. The molecule has 1 aromatic heterocycles. The molecule has 7 atom stereocenters. The zero-order chi connectivity index (χ0) is 22.4. The average molecular weight is 436 g/mol. The maximum atomic E-state index is 12.7. The van der Waals surface area contributed by atoms with Crippen molar-refractivity contribution in [2.24, 2.45) is 7.05 Å². The van der Waals surface area contributed by atoms with Crippen molar-refractivity contribution in [2.75, 3.05) is 0 Å². The number of H-pyrrole nitrogens is 1. The molecule has 5 N–H and O–H groups in total. The number of rotatable bonds is 7. The molecule has 0 bridgehead atoms. The number of hydrogen-bond donors (Lipinski definition) is 5. The smallest absolute Gasteiger partial charge is 0.359 e. The van der Waals surface area contributed by atoms with Crippen molar-refractivity contribution in [3.8, 4) is 0 Å². The molecule has 29 heavy (non-hydrogen) atoms. The van der Waals surface area contributed by atoms with Crippen LogP contribution in [0.2, 0.25) is 0 Å². The first-order chi connectivity index (χ1) is 13.2. The van der Waals surface area contributed by atoms with E-state index < -0.39 is 54.2 Å². The van der Waals surface area contributed by atoms with E-state index in [9.17, 15) is 34.4 Å². The molecule has 2 heterocycles. The summed E-state index contributed by atoms with van der Waals surface area (Å²) in [6.07, 6.45) is -4.50. The standard InChI is InChI=1S/C17H29N2O9P/c1-6-16(3,28-29(25,26)17(4,24)7-2)13-11(21)10(20)12(27-13)9-8-19(5)15(23)18-14(9)22/h8,10-13,20-21,24H,6-7H2,1-5H3,(H,25,26)(H,18,22,23)/t10-,11+,12+,13+,16?,17-/m1/s1. The molecule has 0 saturated carbocycles. The molecule has 166 valence electrons. The molecule has 1 aliphatic rings. The third-order valence-corrected chi connectivity index (χ3v) is 7.82. The molecule has 0 amide bonds. The second-order valence-corrected chi connectivity index (χ2v) is 9.95. The molecule has 0 aliphatic carbocycles. The second-order valence-electron chi connectivity index (χ2n) is 7.76. The van der Waals surface area contributed by atoms with Crippen LogP contribution in [0.1, 0.15) is 52.2 Å². The van der Waals surface area contributed by atoms with Crippen molar-refractivity contribution < 1.29 is 34.0 Å². The second kappa shape index (κ2) is 8.07. The quantitative estimate of drug-likeness (QED) is 0.361. The lowest BCUT2D eigenvalue weighted by Crippen LogP contribution is -2.49. The molecular formula is C17H29N2O9P. The minimum absolute atomic E-state index is 0.0622. The summed E-state index contributed by atoms with van der Waals surface area (Å²) in [4.78, 5) is 36.1. The van der Waals surface area contributed by atoms with Crippen LogP contribution in [-0.2, 0) is 20.9 Å². The molecular weight excluding hydrogens is 407 g/mol. The largest absolute Gasteiger partial charge is 0.387 e. The van der Waals surface area contributed by atoms with Gasteiger partial charge in [-0.05, 0) is 26.7 Å². The third-order valence-electron chi connectivity index (χ3n) is 5.62. The van der Waals surface area contributed by atoms with Crippen LogP contribution in [0.5, 0.6) is 0 Å². The van der Waals surface area contributed by atoms with Crippen LogP contribution in [-0.4, -0.2) is 59.0 Å². The van der Waals surface area contributed by atoms with Gasteiger partial charge < -0.3 is 29.5 Å². The van der Waals surface area contributed by atoms with E-state index in [2.05, 4.69) is 4.98 Å². The first-order valence-corrected chi connectivity index (χ1v) is 10.9. The molecule has 2 unspecified atom stereocenters. The Morgan fingerprint density at radius 3 is 2.34 bits per heavy atom.